The maximum Gasteiger partial charge on any atom is 0.257 e. The average molecular weight is 348 g/mol. The second-order valence-electron chi connectivity index (χ2n) is 5.08. The molecule has 23 heavy (non-hydrogen) atoms. The molecule has 2 N–H and O–H groups in total. The van der Waals surface area contributed by atoms with E-state index in [0.29, 0.717) is 16.4 Å². The Balaban J connectivity index is 1.79. The van der Waals surface area contributed by atoms with Crippen molar-refractivity contribution in [3.63, 3.8) is 0 Å². The van der Waals surface area contributed by atoms with Crippen LogP contribution >= 0.6 is 11.6 Å². The normalized spacial score (nSPS) is 11.6. The van der Waals surface area contributed by atoms with E-state index in [4.69, 9.17) is 11.6 Å². The molecule has 0 saturated carbocycles. The summed E-state index contributed by atoms with van der Waals surface area (Å²) in [7, 11) is -3.66. The van der Waals surface area contributed by atoms with Crippen LogP contribution in [0.1, 0.15) is 5.56 Å². The number of nitrogens with one attached hydrogen (secondary N) is 2. The molecule has 0 saturated heterocycles. The van der Waals surface area contributed by atoms with Crippen molar-refractivity contribution in [1.82, 2.24) is 9.82 Å². The van der Waals surface area contributed by atoms with E-state index in [2.05, 4.69) is 15.2 Å². The van der Waals surface area contributed by atoms with E-state index >= 15 is 0 Å². The monoisotopic (exact) mass is 347 g/mol. The summed E-state index contributed by atoms with van der Waals surface area (Å²) in [5.41, 5.74) is 4.33. The maximum absolute atomic E-state index is 12.2. The first kappa shape index (κ1) is 15.7. The number of anilines is 1. The quantitative estimate of drug-likeness (QED) is 0.708. The number of hydrazine groups is 1. The van der Waals surface area contributed by atoms with E-state index in [1.807, 2.05) is 13.0 Å². The molecular formula is C16H14ClN3O2S. The summed E-state index contributed by atoms with van der Waals surface area (Å²) in [5, 5.41) is 1.50. The molecule has 0 bridgehead atoms. The fraction of sp³-hybridized carbons (Fsp3) is 0.0625. The molecule has 0 fully saturated rings. The Kier molecular flexibility index (Phi) is 4.21. The minimum atomic E-state index is -3.66. The van der Waals surface area contributed by atoms with Gasteiger partial charge in [0.15, 0.2) is 0 Å². The smallest absolute Gasteiger partial charge is 0.257 e. The fourth-order valence-corrected chi connectivity index (χ4v) is 3.09. The molecule has 0 aliphatic rings. The van der Waals surface area contributed by atoms with Gasteiger partial charge < -0.3 is 0 Å². The molecule has 7 heteroatoms. The topological polar surface area (TPSA) is 71.1 Å². The number of aryl methyl sites for hydroxylation is 1. The van der Waals surface area contributed by atoms with Crippen molar-refractivity contribution in [1.29, 1.82) is 0 Å². The molecular weight excluding hydrogens is 334 g/mol. The van der Waals surface area contributed by atoms with Gasteiger partial charge in [0.25, 0.3) is 10.0 Å². The van der Waals surface area contributed by atoms with E-state index in [1.165, 1.54) is 0 Å². The molecule has 0 spiro atoms. The molecule has 3 aromatic rings. The predicted octanol–water partition coefficient (Wildman–Crippen LogP) is 3.50. The van der Waals surface area contributed by atoms with Gasteiger partial charge in [-0.05, 0) is 49.4 Å². The van der Waals surface area contributed by atoms with Crippen molar-refractivity contribution < 1.29 is 8.42 Å². The lowest BCUT2D eigenvalue weighted by Crippen LogP contribution is -2.29. The number of pyridine rings is 1. The number of aromatic nitrogens is 1. The Labute approximate surface area is 139 Å². The summed E-state index contributed by atoms with van der Waals surface area (Å²) in [5.74, 6) is 0.399. The van der Waals surface area contributed by atoms with Gasteiger partial charge in [0.05, 0.1) is 10.4 Å². The molecule has 3 rings (SSSR count). The van der Waals surface area contributed by atoms with Crippen LogP contribution in [-0.4, -0.2) is 13.4 Å². The molecule has 0 aliphatic carbocycles. The first-order valence-electron chi connectivity index (χ1n) is 6.85. The van der Waals surface area contributed by atoms with Gasteiger partial charge in [0.1, 0.15) is 5.82 Å². The SMILES string of the molecule is Cc1ccc(S(=O)(=O)NNc2ccc3cc(Cl)ccc3n2)cc1. The van der Waals surface area contributed by atoms with E-state index in [1.54, 1.807) is 48.5 Å². The third kappa shape index (κ3) is 3.61. The highest BCUT2D eigenvalue weighted by Gasteiger charge is 2.13. The van der Waals surface area contributed by atoms with Crippen molar-refractivity contribution in [2.24, 2.45) is 0 Å². The number of benzene rings is 2. The Morgan fingerprint density at radius 1 is 1.00 bits per heavy atom. The van der Waals surface area contributed by atoms with Crippen LogP contribution in [0, 0.1) is 6.92 Å². The Bertz CT molecular complexity index is 957. The molecule has 0 aliphatic heterocycles. The zero-order valence-corrected chi connectivity index (χ0v) is 13.8. The zero-order valence-electron chi connectivity index (χ0n) is 12.2. The third-order valence-corrected chi connectivity index (χ3v) is 4.79. The third-order valence-electron chi connectivity index (χ3n) is 3.30. The number of hydrogen-bond acceptors (Lipinski definition) is 4. The predicted molar refractivity (Wildman–Crippen MR) is 91.9 cm³/mol. The molecule has 1 aromatic heterocycles. The van der Waals surface area contributed by atoms with Gasteiger partial charge in [-0.2, -0.15) is 0 Å². The number of hydrogen-bond donors (Lipinski definition) is 2. The molecule has 0 radical (unpaired) electrons. The first-order valence-corrected chi connectivity index (χ1v) is 8.71. The summed E-state index contributed by atoms with van der Waals surface area (Å²) in [6.45, 7) is 1.90. The van der Waals surface area contributed by atoms with Crippen LogP contribution in [0.4, 0.5) is 5.82 Å². The number of nitrogens with zero attached hydrogens (tertiary/aromatic N) is 1. The van der Waals surface area contributed by atoms with Gasteiger partial charge in [-0.15, -0.1) is 4.83 Å². The standard InChI is InChI=1S/C16H14ClN3O2S/c1-11-2-6-14(7-3-11)23(21,22)20-19-16-9-4-12-10-13(17)5-8-15(12)18-16/h2-10,20H,1H3,(H,18,19). The van der Waals surface area contributed by atoms with Gasteiger partial charge in [0, 0.05) is 10.4 Å². The molecule has 0 amide bonds. The van der Waals surface area contributed by atoms with Gasteiger partial charge in [-0.1, -0.05) is 29.3 Å². The summed E-state index contributed by atoms with van der Waals surface area (Å²) >= 11 is 5.92. The van der Waals surface area contributed by atoms with Gasteiger partial charge in [-0.3, -0.25) is 5.43 Å². The van der Waals surface area contributed by atoms with Gasteiger partial charge in [0.2, 0.25) is 0 Å². The number of fused-ring (bicyclic) bond motifs is 1. The van der Waals surface area contributed by atoms with E-state index < -0.39 is 10.0 Å². The molecule has 0 atom stereocenters. The summed E-state index contributed by atoms with van der Waals surface area (Å²) < 4.78 is 24.4. The van der Waals surface area contributed by atoms with Crippen LogP contribution in [-0.2, 0) is 10.0 Å². The van der Waals surface area contributed by atoms with Crippen LogP contribution in [0.2, 0.25) is 5.02 Å². The minimum absolute atomic E-state index is 0.183. The largest absolute Gasteiger partial charge is 0.292 e. The molecule has 2 aromatic carbocycles. The molecule has 1 heterocycles. The van der Waals surface area contributed by atoms with Crippen LogP contribution < -0.4 is 10.3 Å². The number of rotatable bonds is 4. The Morgan fingerprint density at radius 3 is 2.48 bits per heavy atom. The van der Waals surface area contributed by atoms with Crippen molar-refractivity contribution in [3.05, 3.63) is 65.2 Å². The van der Waals surface area contributed by atoms with E-state index in [-0.39, 0.29) is 4.90 Å². The highest BCUT2D eigenvalue weighted by Crippen LogP contribution is 2.19. The highest BCUT2D eigenvalue weighted by molar-refractivity contribution is 7.89. The van der Waals surface area contributed by atoms with Crippen LogP contribution in [0.25, 0.3) is 10.9 Å². The second-order valence-corrected chi connectivity index (χ2v) is 7.20. The van der Waals surface area contributed by atoms with Gasteiger partial charge in [-0.25, -0.2) is 13.4 Å². The van der Waals surface area contributed by atoms with E-state index in [9.17, 15) is 8.42 Å². The van der Waals surface area contributed by atoms with Crippen LogP contribution in [0.5, 0.6) is 0 Å². The lowest BCUT2D eigenvalue weighted by atomic mass is 10.2. The lowest BCUT2D eigenvalue weighted by molar-refractivity contribution is 0.587. The second kappa shape index (κ2) is 6.16. The molecule has 5 nitrogen and oxygen atoms in total. The first-order chi connectivity index (χ1) is 10.9. The van der Waals surface area contributed by atoms with Crippen molar-refractivity contribution in [2.75, 3.05) is 5.43 Å². The Hall–Kier alpha value is -2.15. The summed E-state index contributed by atoms with van der Waals surface area (Å²) in [6, 6.07) is 15.4. The molecule has 0 unspecified atom stereocenters. The average Bonchev–Trinajstić information content (AvgIpc) is 2.53. The maximum atomic E-state index is 12.2. The number of sulfonamides is 1. The van der Waals surface area contributed by atoms with Crippen molar-refractivity contribution in [2.45, 2.75) is 11.8 Å². The van der Waals surface area contributed by atoms with Gasteiger partial charge >= 0.3 is 0 Å². The molecule has 118 valence electrons. The van der Waals surface area contributed by atoms with Crippen LogP contribution in [0.15, 0.2) is 59.5 Å². The lowest BCUT2D eigenvalue weighted by Gasteiger charge is -2.09. The van der Waals surface area contributed by atoms with E-state index in [0.717, 1.165) is 10.9 Å². The summed E-state index contributed by atoms with van der Waals surface area (Å²) in [6.07, 6.45) is 0. The Morgan fingerprint density at radius 2 is 1.74 bits per heavy atom. The highest BCUT2D eigenvalue weighted by atomic mass is 35.5. The van der Waals surface area contributed by atoms with Crippen LogP contribution in [0.3, 0.4) is 0 Å². The van der Waals surface area contributed by atoms with Crippen molar-refractivity contribution in [3.8, 4) is 0 Å². The zero-order chi connectivity index (χ0) is 16.4. The minimum Gasteiger partial charge on any atom is -0.292 e. The van der Waals surface area contributed by atoms with Crippen molar-refractivity contribution >= 4 is 38.3 Å². The fourth-order valence-electron chi connectivity index (χ4n) is 2.06. The number of halogens is 1. The summed E-state index contributed by atoms with van der Waals surface area (Å²) in [4.78, 5) is 6.83.